The molecular weight excluding hydrogens is 182 g/mol. The fourth-order valence-corrected chi connectivity index (χ4v) is 3.34. The van der Waals surface area contributed by atoms with Gasteiger partial charge in [-0.15, -0.1) is 0 Å². The Kier molecular flexibility index (Phi) is 3.08. The second-order valence-corrected chi connectivity index (χ2v) is 7.48. The van der Waals surface area contributed by atoms with Gasteiger partial charge in [0.2, 0.25) is 0 Å². The summed E-state index contributed by atoms with van der Waals surface area (Å²) >= 11 is 0. The van der Waals surface area contributed by atoms with E-state index < -0.39 is 0 Å². The molecule has 0 amide bonds. The SMILES string of the molecule is CC(C)(N)C=C1CC(C)(C)CC(C)(C)C1. The van der Waals surface area contributed by atoms with E-state index in [0.29, 0.717) is 10.8 Å². The normalized spacial score (nSPS) is 25.1. The first kappa shape index (κ1) is 12.8. The number of nitrogens with two attached hydrogens (primary N) is 1. The average molecular weight is 209 g/mol. The highest BCUT2D eigenvalue weighted by molar-refractivity contribution is 5.17. The molecule has 1 fully saturated rings. The summed E-state index contributed by atoms with van der Waals surface area (Å²) in [5.74, 6) is 0. The van der Waals surface area contributed by atoms with Crippen molar-refractivity contribution >= 4 is 0 Å². The quantitative estimate of drug-likeness (QED) is 0.651. The summed E-state index contributed by atoms with van der Waals surface area (Å²) < 4.78 is 0. The first-order chi connectivity index (χ1) is 6.49. The predicted octanol–water partition coefficient (Wildman–Crippen LogP) is 3.89. The fraction of sp³-hybridized carbons (Fsp3) is 0.857. The van der Waals surface area contributed by atoms with E-state index in [1.807, 2.05) is 0 Å². The van der Waals surface area contributed by atoms with Gasteiger partial charge in [-0.05, 0) is 43.9 Å². The maximum absolute atomic E-state index is 6.07. The number of rotatable bonds is 1. The molecule has 0 atom stereocenters. The van der Waals surface area contributed by atoms with Crippen LogP contribution in [0.25, 0.3) is 0 Å². The Morgan fingerprint density at radius 1 is 1.07 bits per heavy atom. The first-order valence-electron chi connectivity index (χ1n) is 5.99. The van der Waals surface area contributed by atoms with E-state index in [0.717, 1.165) is 0 Å². The van der Waals surface area contributed by atoms with E-state index in [9.17, 15) is 0 Å². The van der Waals surface area contributed by atoms with Crippen LogP contribution in [0, 0.1) is 10.8 Å². The van der Waals surface area contributed by atoms with Gasteiger partial charge in [-0.2, -0.15) is 0 Å². The van der Waals surface area contributed by atoms with Crippen LogP contribution in [0.3, 0.4) is 0 Å². The smallest absolute Gasteiger partial charge is 0.0284 e. The maximum atomic E-state index is 6.07. The monoisotopic (exact) mass is 209 g/mol. The van der Waals surface area contributed by atoms with Crippen molar-refractivity contribution in [2.24, 2.45) is 16.6 Å². The van der Waals surface area contributed by atoms with Crippen LogP contribution >= 0.6 is 0 Å². The third kappa shape index (κ3) is 4.38. The van der Waals surface area contributed by atoms with E-state index >= 15 is 0 Å². The van der Waals surface area contributed by atoms with Crippen molar-refractivity contribution < 1.29 is 0 Å². The second-order valence-electron chi connectivity index (χ2n) is 7.48. The van der Waals surface area contributed by atoms with Gasteiger partial charge < -0.3 is 5.73 Å². The summed E-state index contributed by atoms with van der Waals surface area (Å²) in [5, 5.41) is 0. The zero-order chi connectivity index (χ0) is 11.9. The third-order valence-electron chi connectivity index (χ3n) is 2.94. The van der Waals surface area contributed by atoms with Crippen molar-refractivity contribution in [3.05, 3.63) is 11.6 Å². The third-order valence-corrected chi connectivity index (χ3v) is 2.94. The lowest BCUT2D eigenvalue weighted by Crippen LogP contribution is -2.34. The van der Waals surface area contributed by atoms with Crippen molar-refractivity contribution in [3.8, 4) is 0 Å². The molecule has 15 heavy (non-hydrogen) atoms. The van der Waals surface area contributed by atoms with Crippen LogP contribution in [0.5, 0.6) is 0 Å². The number of hydrogen-bond donors (Lipinski definition) is 1. The van der Waals surface area contributed by atoms with Crippen LogP contribution in [0.15, 0.2) is 11.6 Å². The lowest BCUT2D eigenvalue weighted by Gasteiger charge is -2.42. The molecule has 88 valence electrons. The van der Waals surface area contributed by atoms with Gasteiger partial charge in [0, 0.05) is 5.54 Å². The molecule has 0 aromatic rings. The Balaban J connectivity index is 2.90. The molecule has 0 unspecified atom stereocenters. The minimum absolute atomic E-state index is 0.168. The second kappa shape index (κ2) is 3.62. The van der Waals surface area contributed by atoms with Crippen molar-refractivity contribution in [2.45, 2.75) is 66.3 Å². The lowest BCUT2D eigenvalue weighted by molar-refractivity contribution is 0.153. The van der Waals surface area contributed by atoms with E-state index in [4.69, 9.17) is 5.73 Å². The molecule has 1 nitrogen and oxygen atoms in total. The summed E-state index contributed by atoms with van der Waals surface area (Å²) in [6.45, 7) is 13.6. The van der Waals surface area contributed by atoms with Gasteiger partial charge in [0.15, 0.2) is 0 Å². The molecular formula is C14H27N. The van der Waals surface area contributed by atoms with Gasteiger partial charge in [0.1, 0.15) is 0 Å². The molecule has 1 saturated carbocycles. The Morgan fingerprint density at radius 3 is 1.80 bits per heavy atom. The van der Waals surface area contributed by atoms with Gasteiger partial charge in [-0.3, -0.25) is 0 Å². The summed E-state index contributed by atoms with van der Waals surface area (Å²) in [6.07, 6.45) is 5.99. The summed E-state index contributed by atoms with van der Waals surface area (Å²) in [5.41, 5.74) is 8.30. The molecule has 1 heteroatoms. The van der Waals surface area contributed by atoms with Gasteiger partial charge in [0.25, 0.3) is 0 Å². The number of hydrogen-bond acceptors (Lipinski definition) is 1. The largest absolute Gasteiger partial charge is 0.322 e. The Morgan fingerprint density at radius 2 is 1.47 bits per heavy atom. The van der Waals surface area contributed by atoms with Crippen molar-refractivity contribution in [2.75, 3.05) is 0 Å². The Bertz CT molecular complexity index is 246. The lowest BCUT2D eigenvalue weighted by atomic mass is 9.63. The molecule has 0 radical (unpaired) electrons. The summed E-state index contributed by atoms with van der Waals surface area (Å²) in [6, 6.07) is 0. The van der Waals surface area contributed by atoms with Gasteiger partial charge in [-0.1, -0.05) is 39.3 Å². The highest BCUT2D eigenvalue weighted by Crippen LogP contribution is 2.48. The van der Waals surface area contributed by atoms with Crippen LogP contribution in [0.4, 0.5) is 0 Å². The Hall–Kier alpha value is -0.300. The minimum Gasteiger partial charge on any atom is -0.322 e. The van der Waals surface area contributed by atoms with Gasteiger partial charge in [0.05, 0.1) is 0 Å². The molecule has 1 rings (SSSR count). The zero-order valence-corrected chi connectivity index (χ0v) is 11.3. The molecule has 0 spiro atoms. The minimum atomic E-state index is -0.168. The first-order valence-corrected chi connectivity index (χ1v) is 5.99. The van der Waals surface area contributed by atoms with Crippen LogP contribution < -0.4 is 5.73 Å². The van der Waals surface area contributed by atoms with E-state index in [1.165, 1.54) is 19.3 Å². The van der Waals surface area contributed by atoms with Gasteiger partial charge >= 0.3 is 0 Å². The van der Waals surface area contributed by atoms with Crippen LogP contribution in [0.2, 0.25) is 0 Å². The molecule has 0 aromatic carbocycles. The van der Waals surface area contributed by atoms with Crippen molar-refractivity contribution in [3.63, 3.8) is 0 Å². The maximum Gasteiger partial charge on any atom is 0.0284 e. The van der Waals surface area contributed by atoms with E-state index in [1.54, 1.807) is 5.57 Å². The molecule has 1 aliphatic carbocycles. The Labute approximate surface area is 95.1 Å². The fourth-order valence-electron chi connectivity index (χ4n) is 3.34. The number of allylic oxidation sites excluding steroid dienone is 1. The highest BCUT2D eigenvalue weighted by atomic mass is 14.7. The zero-order valence-electron chi connectivity index (χ0n) is 11.3. The molecule has 0 bridgehead atoms. The molecule has 0 aromatic heterocycles. The molecule has 2 N–H and O–H groups in total. The average Bonchev–Trinajstić information content (AvgIpc) is 1.70. The standard InChI is InChI=1S/C14H27N/c1-12(2)7-11(9-14(5,6)15)8-13(3,4)10-12/h9H,7-8,10,15H2,1-6H3. The highest BCUT2D eigenvalue weighted by Gasteiger charge is 2.35. The molecule has 0 saturated heterocycles. The van der Waals surface area contributed by atoms with Gasteiger partial charge in [-0.25, -0.2) is 0 Å². The molecule has 0 aliphatic heterocycles. The van der Waals surface area contributed by atoms with Crippen LogP contribution in [-0.2, 0) is 0 Å². The predicted molar refractivity (Wildman–Crippen MR) is 67.8 cm³/mol. The van der Waals surface area contributed by atoms with E-state index in [-0.39, 0.29) is 5.54 Å². The van der Waals surface area contributed by atoms with Crippen molar-refractivity contribution in [1.29, 1.82) is 0 Å². The van der Waals surface area contributed by atoms with Crippen LogP contribution in [0.1, 0.15) is 60.8 Å². The summed E-state index contributed by atoms with van der Waals surface area (Å²) in [4.78, 5) is 0. The molecule has 1 aliphatic rings. The van der Waals surface area contributed by atoms with Crippen LogP contribution in [-0.4, -0.2) is 5.54 Å². The van der Waals surface area contributed by atoms with E-state index in [2.05, 4.69) is 47.6 Å². The molecule has 0 heterocycles. The topological polar surface area (TPSA) is 26.0 Å². The van der Waals surface area contributed by atoms with Crippen molar-refractivity contribution in [1.82, 2.24) is 0 Å². The summed E-state index contributed by atoms with van der Waals surface area (Å²) in [7, 11) is 0.